The summed E-state index contributed by atoms with van der Waals surface area (Å²) in [5, 5.41) is 9.91. The van der Waals surface area contributed by atoms with E-state index in [0.717, 1.165) is 18.7 Å². The zero-order chi connectivity index (χ0) is 14.0. The highest BCUT2D eigenvalue weighted by Gasteiger charge is 2.31. The van der Waals surface area contributed by atoms with Crippen LogP contribution in [0.25, 0.3) is 0 Å². The summed E-state index contributed by atoms with van der Waals surface area (Å²) < 4.78 is 5.26. The van der Waals surface area contributed by atoms with E-state index in [1.807, 2.05) is 32.3 Å². The van der Waals surface area contributed by atoms with Gasteiger partial charge < -0.3 is 25.4 Å². The van der Waals surface area contributed by atoms with Crippen molar-refractivity contribution in [3.8, 4) is 5.75 Å². The first-order chi connectivity index (χ1) is 9.01. The molecule has 0 bridgehead atoms. The molecule has 5 heteroatoms. The van der Waals surface area contributed by atoms with Gasteiger partial charge in [-0.1, -0.05) is 0 Å². The minimum absolute atomic E-state index is 0.270. The minimum Gasteiger partial charge on any atom is -0.495 e. The summed E-state index contributed by atoms with van der Waals surface area (Å²) >= 11 is 0. The first kappa shape index (κ1) is 14.0. The van der Waals surface area contributed by atoms with Crippen LogP contribution in [0.5, 0.6) is 5.75 Å². The molecule has 106 valence electrons. The third-order valence-corrected chi connectivity index (χ3v) is 3.52. The van der Waals surface area contributed by atoms with Crippen LogP contribution in [-0.4, -0.2) is 56.4 Å². The van der Waals surface area contributed by atoms with Crippen molar-refractivity contribution in [3.05, 3.63) is 18.2 Å². The van der Waals surface area contributed by atoms with E-state index < -0.39 is 0 Å². The molecule has 1 aliphatic rings. The first-order valence-corrected chi connectivity index (χ1v) is 6.54. The van der Waals surface area contributed by atoms with E-state index >= 15 is 0 Å². The molecule has 5 nitrogen and oxygen atoms in total. The quantitative estimate of drug-likeness (QED) is 0.788. The van der Waals surface area contributed by atoms with Crippen molar-refractivity contribution in [2.45, 2.75) is 18.6 Å². The van der Waals surface area contributed by atoms with Crippen LogP contribution in [-0.2, 0) is 0 Å². The van der Waals surface area contributed by atoms with Crippen molar-refractivity contribution in [3.63, 3.8) is 0 Å². The predicted molar refractivity (Wildman–Crippen MR) is 77.7 cm³/mol. The van der Waals surface area contributed by atoms with Gasteiger partial charge in [0.05, 0.1) is 18.9 Å². The number of methoxy groups -OCH3 is 1. The topological polar surface area (TPSA) is 62.0 Å². The highest BCUT2D eigenvalue weighted by atomic mass is 16.5. The van der Waals surface area contributed by atoms with E-state index in [0.29, 0.717) is 24.0 Å². The van der Waals surface area contributed by atoms with Crippen LogP contribution in [0.4, 0.5) is 11.4 Å². The van der Waals surface area contributed by atoms with Crippen LogP contribution in [0.3, 0.4) is 0 Å². The van der Waals surface area contributed by atoms with Gasteiger partial charge in [0.15, 0.2) is 0 Å². The average Bonchev–Trinajstić information content (AvgIpc) is 2.70. The highest BCUT2D eigenvalue weighted by molar-refractivity contribution is 5.63. The van der Waals surface area contributed by atoms with E-state index in [1.54, 1.807) is 7.11 Å². The molecule has 2 unspecified atom stereocenters. The number of aliphatic hydroxyl groups excluding tert-OH is 1. The van der Waals surface area contributed by atoms with Gasteiger partial charge in [-0.05, 0) is 32.6 Å². The van der Waals surface area contributed by atoms with E-state index in [2.05, 4.69) is 9.80 Å². The lowest BCUT2D eigenvalue weighted by Crippen LogP contribution is -2.37. The lowest BCUT2D eigenvalue weighted by Gasteiger charge is -2.29. The van der Waals surface area contributed by atoms with Gasteiger partial charge in [-0.2, -0.15) is 0 Å². The van der Waals surface area contributed by atoms with Crippen LogP contribution in [0.1, 0.15) is 6.42 Å². The summed E-state index contributed by atoms with van der Waals surface area (Å²) in [4.78, 5) is 4.37. The second kappa shape index (κ2) is 5.67. The number of rotatable bonds is 4. The largest absolute Gasteiger partial charge is 0.495 e. The molecule has 0 saturated carbocycles. The molecule has 3 N–H and O–H groups in total. The standard InChI is InChI=1S/C14H23N3O2/c1-16(2)8-11-6-12(18)9-17(11)10-4-5-13(15)14(7-10)19-3/h4-5,7,11-12,18H,6,8-9,15H2,1-3H3. The number of hydrogen-bond donors (Lipinski definition) is 2. The number of nitrogens with two attached hydrogens (primary N) is 1. The molecule has 1 aromatic rings. The summed E-state index contributed by atoms with van der Waals surface area (Å²) in [5.74, 6) is 0.683. The number of ether oxygens (including phenoxy) is 1. The summed E-state index contributed by atoms with van der Waals surface area (Å²) in [7, 11) is 5.71. The Morgan fingerprint density at radius 3 is 2.84 bits per heavy atom. The van der Waals surface area contributed by atoms with Gasteiger partial charge >= 0.3 is 0 Å². The van der Waals surface area contributed by atoms with Crippen molar-refractivity contribution in [2.75, 3.05) is 44.9 Å². The van der Waals surface area contributed by atoms with Gasteiger partial charge in [-0.25, -0.2) is 0 Å². The lowest BCUT2D eigenvalue weighted by molar-refractivity contribution is 0.191. The smallest absolute Gasteiger partial charge is 0.143 e. The van der Waals surface area contributed by atoms with Crippen molar-refractivity contribution in [1.29, 1.82) is 0 Å². The first-order valence-electron chi connectivity index (χ1n) is 6.54. The number of β-amino-alcohol motifs (C(OH)–C–C–N with tert-alkyl or cyclic N) is 1. The van der Waals surface area contributed by atoms with E-state index in [-0.39, 0.29) is 6.10 Å². The summed E-state index contributed by atoms with van der Waals surface area (Å²) in [6.45, 7) is 1.58. The molecule has 1 heterocycles. The van der Waals surface area contributed by atoms with Gasteiger partial charge in [-0.15, -0.1) is 0 Å². The minimum atomic E-state index is -0.270. The summed E-state index contributed by atoms with van der Waals surface area (Å²) in [6, 6.07) is 6.10. The molecule has 0 amide bonds. The molecule has 19 heavy (non-hydrogen) atoms. The maximum absolute atomic E-state index is 9.91. The van der Waals surface area contributed by atoms with E-state index in [4.69, 9.17) is 10.5 Å². The molecule has 2 atom stereocenters. The molecule has 1 fully saturated rings. The second-order valence-electron chi connectivity index (χ2n) is 5.38. The average molecular weight is 265 g/mol. The Hall–Kier alpha value is -1.46. The number of hydrogen-bond acceptors (Lipinski definition) is 5. The molecule has 0 aromatic heterocycles. The molecule has 1 aliphatic heterocycles. The van der Waals surface area contributed by atoms with E-state index in [9.17, 15) is 5.11 Å². The molecule has 2 rings (SSSR count). The third-order valence-electron chi connectivity index (χ3n) is 3.52. The SMILES string of the molecule is COc1cc(N2CC(O)CC2CN(C)C)ccc1N. The monoisotopic (exact) mass is 265 g/mol. The molecular formula is C14H23N3O2. The Morgan fingerprint density at radius 1 is 1.47 bits per heavy atom. The van der Waals surface area contributed by atoms with Crippen LogP contribution >= 0.6 is 0 Å². The van der Waals surface area contributed by atoms with Gasteiger partial charge in [0, 0.05) is 30.9 Å². The molecule has 0 aliphatic carbocycles. The number of nitrogen functional groups attached to an aromatic ring is 1. The number of benzene rings is 1. The number of nitrogens with zero attached hydrogens (tertiary/aromatic N) is 2. The number of anilines is 2. The highest BCUT2D eigenvalue weighted by Crippen LogP contribution is 2.32. The van der Waals surface area contributed by atoms with Gasteiger partial charge in [0.1, 0.15) is 5.75 Å². The molecule has 0 spiro atoms. The molecular weight excluding hydrogens is 242 g/mol. The van der Waals surface area contributed by atoms with Crippen LogP contribution in [0.2, 0.25) is 0 Å². The Balaban J connectivity index is 2.23. The predicted octanol–water partition coefficient (Wildman–Crippen LogP) is 0.779. The van der Waals surface area contributed by atoms with Gasteiger partial charge in [0.2, 0.25) is 0 Å². The summed E-state index contributed by atoms with van der Waals surface area (Å²) in [6.07, 6.45) is 0.527. The number of aliphatic hydroxyl groups is 1. The molecule has 1 saturated heterocycles. The van der Waals surface area contributed by atoms with Crippen LogP contribution < -0.4 is 15.4 Å². The Kier molecular flexibility index (Phi) is 4.17. The zero-order valence-electron chi connectivity index (χ0n) is 11.8. The van der Waals surface area contributed by atoms with Crippen LogP contribution in [0.15, 0.2) is 18.2 Å². The molecule has 0 radical (unpaired) electrons. The lowest BCUT2D eigenvalue weighted by atomic mass is 10.1. The fraction of sp³-hybridized carbons (Fsp3) is 0.571. The normalized spacial score (nSPS) is 23.1. The van der Waals surface area contributed by atoms with Gasteiger partial charge in [-0.3, -0.25) is 0 Å². The Labute approximate surface area is 114 Å². The van der Waals surface area contributed by atoms with Gasteiger partial charge in [0.25, 0.3) is 0 Å². The van der Waals surface area contributed by atoms with Crippen molar-refractivity contribution in [1.82, 2.24) is 4.90 Å². The Bertz CT molecular complexity index is 437. The summed E-state index contributed by atoms with van der Waals surface area (Å²) in [5.41, 5.74) is 7.53. The van der Waals surface area contributed by atoms with Crippen LogP contribution in [0, 0.1) is 0 Å². The van der Waals surface area contributed by atoms with Crippen molar-refractivity contribution in [2.24, 2.45) is 0 Å². The third kappa shape index (κ3) is 3.11. The van der Waals surface area contributed by atoms with Crippen molar-refractivity contribution < 1.29 is 9.84 Å². The Morgan fingerprint density at radius 2 is 2.21 bits per heavy atom. The second-order valence-corrected chi connectivity index (χ2v) is 5.38. The maximum atomic E-state index is 9.91. The van der Waals surface area contributed by atoms with Crippen molar-refractivity contribution >= 4 is 11.4 Å². The maximum Gasteiger partial charge on any atom is 0.143 e. The number of likely N-dealkylation sites (N-methyl/N-ethyl adjacent to an activating group) is 1. The molecule has 1 aromatic carbocycles. The zero-order valence-corrected chi connectivity index (χ0v) is 11.8. The van der Waals surface area contributed by atoms with E-state index in [1.165, 1.54) is 0 Å². The fourth-order valence-corrected chi connectivity index (χ4v) is 2.68. The fourth-order valence-electron chi connectivity index (χ4n) is 2.68.